The van der Waals surface area contributed by atoms with Gasteiger partial charge in [-0.05, 0) is 28.1 Å². The summed E-state index contributed by atoms with van der Waals surface area (Å²) >= 11 is 5.09. The fraction of sp³-hybridized carbons (Fsp3) is 0.250. The van der Waals surface area contributed by atoms with E-state index in [4.69, 9.17) is 15.2 Å². The van der Waals surface area contributed by atoms with Crippen LogP contribution in [-0.2, 0) is 6.54 Å². The van der Waals surface area contributed by atoms with Crippen LogP contribution in [0.15, 0.2) is 22.8 Å². The Kier molecular flexibility index (Phi) is 3.23. The Hall–Kier alpha value is -1.11. The molecule has 0 saturated heterocycles. The monoisotopic (exact) mass is 326 g/mol. The molecule has 0 radical (unpaired) electrons. The van der Waals surface area contributed by atoms with E-state index in [-0.39, 0.29) is 0 Å². The average molecular weight is 327 g/mol. The molecule has 2 heterocycles. The number of benzene rings is 1. The van der Waals surface area contributed by atoms with Gasteiger partial charge in [0.15, 0.2) is 11.5 Å². The van der Waals surface area contributed by atoms with Crippen molar-refractivity contribution >= 4 is 27.3 Å². The van der Waals surface area contributed by atoms with Crippen LogP contribution in [0.25, 0.3) is 10.6 Å². The summed E-state index contributed by atoms with van der Waals surface area (Å²) in [6, 6.07) is 3.95. The highest BCUT2D eigenvalue weighted by atomic mass is 79.9. The summed E-state index contributed by atoms with van der Waals surface area (Å²) in [7, 11) is 0. The van der Waals surface area contributed by atoms with Crippen molar-refractivity contribution < 1.29 is 9.47 Å². The first-order valence-electron chi connectivity index (χ1n) is 5.52. The van der Waals surface area contributed by atoms with E-state index in [1.54, 1.807) is 11.3 Å². The normalized spacial score (nSPS) is 13.7. The quantitative estimate of drug-likeness (QED) is 0.921. The van der Waals surface area contributed by atoms with Crippen molar-refractivity contribution in [2.75, 3.05) is 13.2 Å². The fourth-order valence-corrected chi connectivity index (χ4v) is 3.10. The second-order valence-corrected chi connectivity index (χ2v) is 5.79. The predicted octanol–water partition coefficient (Wildman–Crippen LogP) is 2.80. The SMILES string of the molecule is NCc1cnc(-c2cc(Br)c3c(c2)OCCO3)s1. The molecule has 1 aromatic heterocycles. The number of halogens is 1. The van der Waals surface area contributed by atoms with Gasteiger partial charge in [-0.2, -0.15) is 0 Å². The van der Waals surface area contributed by atoms with Crippen molar-refractivity contribution in [3.05, 3.63) is 27.7 Å². The Labute approximate surface area is 117 Å². The van der Waals surface area contributed by atoms with Crippen molar-refractivity contribution in [1.29, 1.82) is 0 Å². The standard InChI is InChI=1S/C12H11BrN2O2S/c13-9-3-7(12-15-6-8(5-14)18-12)4-10-11(9)17-2-1-16-10/h3-4,6H,1-2,5,14H2. The summed E-state index contributed by atoms with van der Waals surface area (Å²) in [6.07, 6.45) is 1.81. The first kappa shape index (κ1) is 12.0. The molecule has 1 aliphatic rings. The highest BCUT2D eigenvalue weighted by Crippen LogP contribution is 2.41. The van der Waals surface area contributed by atoms with Gasteiger partial charge in [-0.3, -0.25) is 0 Å². The molecule has 0 aliphatic carbocycles. The summed E-state index contributed by atoms with van der Waals surface area (Å²) in [6.45, 7) is 1.68. The molecule has 4 nitrogen and oxygen atoms in total. The Morgan fingerprint density at radius 2 is 2.17 bits per heavy atom. The first-order valence-corrected chi connectivity index (χ1v) is 7.13. The van der Waals surface area contributed by atoms with Crippen molar-refractivity contribution in [3.63, 3.8) is 0 Å². The van der Waals surface area contributed by atoms with Gasteiger partial charge in [0, 0.05) is 23.2 Å². The Morgan fingerprint density at radius 1 is 1.33 bits per heavy atom. The minimum Gasteiger partial charge on any atom is -0.486 e. The molecule has 0 spiro atoms. The highest BCUT2D eigenvalue weighted by molar-refractivity contribution is 9.10. The summed E-state index contributed by atoms with van der Waals surface area (Å²) in [5, 5.41) is 0.938. The predicted molar refractivity (Wildman–Crippen MR) is 74.1 cm³/mol. The molecule has 6 heteroatoms. The van der Waals surface area contributed by atoms with Gasteiger partial charge in [-0.1, -0.05) is 0 Å². The van der Waals surface area contributed by atoms with Gasteiger partial charge in [0.2, 0.25) is 0 Å². The van der Waals surface area contributed by atoms with Crippen molar-refractivity contribution in [2.45, 2.75) is 6.54 Å². The number of hydrogen-bond donors (Lipinski definition) is 1. The van der Waals surface area contributed by atoms with E-state index in [0.29, 0.717) is 19.8 Å². The topological polar surface area (TPSA) is 57.4 Å². The van der Waals surface area contributed by atoms with Crippen molar-refractivity contribution in [2.24, 2.45) is 5.73 Å². The maximum Gasteiger partial charge on any atom is 0.175 e. The third-order valence-electron chi connectivity index (χ3n) is 2.60. The molecule has 1 aromatic carbocycles. The lowest BCUT2D eigenvalue weighted by Gasteiger charge is -2.20. The maximum atomic E-state index is 5.60. The molecular formula is C12H11BrN2O2S. The molecule has 1 aliphatic heterocycles. The van der Waals surface area contributed by atoms with Crippen LogP contribution in [0.2, 0.25) is 0 Å². The number of aromatic nitrogens is 1. The van der Waals surface area contributed by atoms with Crippen molar-refractivity contribution in [3.8, 4) is 22.1 Å². The number of nitrogens with two attached hydrogens (primary N) is 1. The van der Waals surface area contributed by atoms with Crippen molar-refractivity contribution in [1.82, 2.24) is 4.98 Å². The zero-order valence-corrected chi connectivity index (χ0v) is 11.9. The molecule has 2 N–H and O–H groups in total. The number of nitrogens with zero attached hydrogens (tertiary/aromatic N) is 1. The lowest BCUT2D eigenvalue weighted by atomic mass is 10.2. The van der Waals surface area contributed by atoms with Gasteiger partial charge >= 0.3 is 0 Å². The summed E-state index contributed by atoms with van der Waals surface area (Å²) in [4.78, 5) is 5.43. The van der Waals surface area contributed by atoms with Crippen LogP contribution >= 0.6 is 27.3 Å². The van der Waals surface area contributed by atoms with Gasteiger partial charge in [0.1, 0.15) is 18.2 Å². The van der Waals surface area contributed by atoms with Crippen LogP contribution in [-0.4, -0.2) is 18.2 Å². The number of rotatable bonds is 2. The van der Waals surface area contributed by atoms with Crippen LogP contribution in [0.5, 0.6) is 11.5 Å². The van der Waals surface area contributed by atoms with Gasteiger partial charge in [-0.25, -0.2) is 4.98 Å². The number of ether oxygens (including phenoxy) is 2. The minimum atomic E-state index is 0.517. The third-order valence-corrected chi connectivity index (χ3v) is 4.26. The number of hydrogen-bond acceptors (Lipinski definition) is 5. The summed E-state index contributed by atoms with van der Waals surface area (Å²) < 4.78 is 12.0. The molecule has 0 bridgehead atoms. The maximum absolute atomic E-state index is 5.60. The zero-order chi connectivity index (χ0) is 12.5. The lowest BCUT2D eigenvalue weighted by Crippen LogP contribution is -2.15. The van der Waals surface area contributed by atoms with Gasteiger partial charge in [0.05, 0.1) is 4.47 Å². The van der Waals surface area contributed by atoms with Gasteiger partial charge < -0.3 is 15.2 Å². The second kappa shape index (κ2) is 4.87. The zero-order valence-electron chi connectivity index (χ0n) is 9.48. The van der Waals surface area contributed by atoms with Crippen LogP contribution in [0.3, 0.4) is 0 Å². The average Bonchev–Trinajstić information content (AvgIpc) is 2.87. The van der Waals surface area contributed by atoms with Crippen LogP contribution in [0, 0.1) is 0 Å². The first-order chi connectivity index (χ1) is 8.78. The van der Waals surface area contributed by atoms with Gasteiger partial charge in [-0.15, -0.1) is 11.3 Å². The molecule has 94 valence electrons. The molecule has 2 aromatic rings. The van der Waals surface area contributed by atoms with Crippen LogP contribution < -0.4 is 15.2 Å². The van der Waals surface area contributed by atoms with E-state index in [2.05, 4.69) is 20.9 Å². The van der Waals surface area contributed by atoms with Crippen LogP contribution in [0.1, 0.15) is 4.88 Å². The summed E-state index contributed by atoms with van der Waals surface area (Å²) in [5.41, 5.74) is 6.61. The Bertz CT molecular complexity index is 585. The van der Waals surface area contributed by atoms with E-state index in [0.717, 1.165) is 31.4 Å². The van der Waals surface area contributed by atoms with E-state index < -0.39 is 0 Å². The molecule has 0 saturated carbocycles. The molecule has 0 unspecified atom stereocenters. The van der Waals surface area contributed by atoms with E-state index in [1.807, 2.05) is 18.3 Å². The summed E-state index contributed by atoms with van der Waals surface area (Å²) in [5.74, 6) is 1.52. The minimum absolute atomic E-state index is 0.517. The van der Waals surface area contributed by atoms with E-state index in [9.17, 15) is 0 Å². The van der Waals surface area contributed by atoms with E-state index in [1.165, 1.54) is 0 Å². The molecule has 18 heavy (non-hydrogen) atoms. The number of fused-ring (bicyclic) bond motifs is 1. The molecule has 3 rings (SSSR count). The highest BCUT2D eigenvalue weighted by Gasteiger charge is 2.17. The lowest BCUT2D eigenvalue weighted by molar-refractivity contribution is 0.170. The Morgan fingerprint density at radius 3 is 2.94 bits per heavy atom. The molecule has 0 amide bonds. The second-order valence-electron chi connectivity index (χ2n) is 3.82. The Balaban J connectivity index is 2.04. The van der Waals surface area contributed by atoms with Crippen LogP contribution in [0.4, 0.5) is 0 Å². The van der Waals surface area contributed by atoms with E-state index >= 15 is 0 Å². The smallest absolute Gasteiger partial charge is 0.175 e. The van der Waals surface area contributed by atoms with Gasteiger partial charge in [0.25, 0.3) is 0 Å². The largest absolute Gasteiger partial charge is 0.486 e. The molecule has 0 atom stereocenters. The fourth-order valence-electron chi connectivity index (χ4n) is 1.77. The third kappa shape index (κ3) is 2.11. The molecule has 0 fully saturated rings. The molecular weight excluding hydrogens is 316 g/mol. The number of thiazole rings is 1.